The van der Waals surface area contributed by atoms with Crippen LogP contribution >= 0.6 is 11.3 Å². The van der Waals surface area contributed by atoms with E-state index in [1.807, 2.05) is 17.7 Å². The third kappa shape index (κ3) is 6.34. The summed E-state index contributed by atoms with van der Waals surface area (Å²) in [5.41, 5.74) is 2.25. The molecule has 0 aliphatic heterocycles. The highest BCUT2D eigenvalue weighted by Crippen LogP contribution is 2.39. The van der Waals surface area contributed by atoms with Crippen LogP contribution in [0.5, 0.6) is 11.5 Å². The SMILES string of the molecule is COCCN(Cc1cnc(-c2cc3nccc(Oc4ccc(CC(=O)CC5CC5)cc4F)c3s2)n1C)C(C)=O. The van der Waals surface area contributed by atoms with Crippen molar-refractivity contribution in [1.82, 2.24) is 19.4 Å². The molecular formula is C29H31FN4O4S. The number of thiophene rings is 1. The second kappa shape index (κ2) is 11.6. The number of ether oxygens (including phenoxy) is 2. The summed E-state index contributed by atoms with van der Waals surface area (Å²) < 4.78 is 28.8. The van der Waals surface area contributed by atoms with Crippen molar-refractivity contribution in [1.29, 1.82) is 0 Å². The molecule has 0 N–H and O–H groups in total. The van der Waals surface area contributed by atoms with E-state index in [1.165, 1.54) is 24.3 Å². The summed E-state index contributed by atoms with van der Waals surface area (Å²) in [6.07, 6.45) is 6.44. The maximum atomic E-state index is 14.9. The fourth-order valence-corrected chi connectivity index (χ4v) is 5.57. The zero-order valence-electron chi connectivity index (χ0n) is 22.3. The lowest BCUT2D eigenvalue weighted by molar-refractivity contribution is -0.130. The number of carbonyl (C=O) groups excluding carboxylic acids is 2. The van der Waals surface area contributed by atoms with Gasteiger partial charge in [0, 0.05) is 52.7 Å². The number of amides is 1. The van der Waals surface area contributed by atoms with E-state index < -0.39 is 5.82 Å². The number of aromatic nitrogens is 3. The summed E-state index contributed by atoms with van der Waals surface area (Å²) >= 11 is 1.45. The molecule has 4 aromatic rings. The highest BCUT2D eigenvalue weighted by molar-refractivity contribution is 7.22. The molecule has 3 aromatic heterocycles. The first-order valence-electron chi connectivity index (χ1n) is 12.9. The van der Waals surface area contributed by atoms with Gasteiger partial charge < -0.3 is 18.9 Å². The summed E-state index contributed by atoms with van der Waals surface area (Å²) in [6, 6.07) is 8.33. The molecule has 1 saturated carbocycles. The molecule has 1 fully saturated rings. The highest BCUT2D eigenvalue weighted by Gasteiger charge is 2.24. The number of fused-ring (bicyclic) bond motifs is 1. The Morgan fingerprint density at radius 3 is 2.72 bits per heavy atom. The van der Waals surface area contributed by atoms with Crippen molar-refractivity contribution in [3.63, 3.8) is 0 Å². The van der Waals surface area contributed by atoms with E-state index in [0.717, 1.165) is 33.9 Å². The minimum absolute atomic E-state index is 0.0345. The number of imidazole rings is 1. The van der Waals surface area contributed by atoms with Gasteiger partial charge in [-0.05, 0) is 42.5 Å². The molecule has 0 unspecified atom stereocenters. The fraction of sp³-hybridized carbons (Fsp3) is 0.379. The third-order valence-electron chi connectivity index (χ3n) is 6.87. The molecule has 0 bridgehead atoms. The van der Waals surface area contributed by atoms with Crippen LogP contribution in [0.25, 0.3) is 20.9 Å². The zero-order valence-corrected chi connectivity index (χ0v) is 23.1. The minimum atomic E-state index is -0.509. The van der Waals surface area contributed by atoms with Gasteiger partial charge in [-0.15, -0.1) is 11.3 Å². The van der Waals surface area contributed by atoms with Gasteiger partial charge in [-0.2, -0.15) is 0 Å². The third-order valence-corrected chi connectivity index (χ3v) is 8.01. The van der Waals surface area contributed by atoms with Crippen molar-refractivity contribution in [2.24, 2.45) is 13.0 Å². The summed E-state index contributed by atoms with van der Waals surface area (Å²) in [6.45, 7) is 2.91. The molecule has 0 radical (unpaired) electrons. The topological polar surface area (TPSA) is 86.6 Å². The van der Waals surface area contributed by atoms with Gasteiger partial charge >= 0.3 is 0 Å². The van der Waals surface area contributed by atoms with Crippen LogP contribution < -0.4 is 4.74 Å². The van der Waals surface area contributed by atoms with Gasteiger partial charge in [0.2, 0.25) is 5.91 Å². The maximum absolute atomic E-state index is 14.9. The molecule has 0 spiro atoms. The number of rotatable bonds is 12. The molecule has 39 heavy (non-hydrogen) atoms. The zero-order chi connectivity index (χ0) is 27.5. The molecule has 10 heteroatoms. The van der Waals surface area contributed by atoms with E-state index in [4.69, 9.17) is 9.47 Å². The van der Waals surface area contributed by atoms with Gasteiger partial charge in [0.25, 0.3) is 0 Å². The molecular weight excluding hydrogens is 519 g/mol. The van der Waals surface area contributed by atoms with Crippen LogP contribution in [0.1, 0.15) is 37.4 Å². The second-order valence-electron chi connectivity index (χ2n) is 9.93. The largest absolute Gasteiger partial charge is 0.453 e. The van der Waals surface area contributed by atoms with Gasteiger partial charge in [-0.3, -0.25) is 14.6 Å². The number of benzene rings is 1. The van der Waals surface area contributed by atoms with Crippen LogP contribution in [0, 0.1) is 11.7 Å². The van der Waals surface area contributed by atoms with E-state index >= 15 is 0 Å². The summed E-state index contributed by atoms with van der Waals surface area (Å²) in [4.78, 5) is 35.9. The van der Waals surface area contributed by atoms with Crippen LogP contribution in [0.4, 0.5) is 4.39 Å². The first kappa shape index (κ1) is 27.0. The van der Waals surface area contributed by atoms with Gasteiger partial charge in [0.05, 0.1) is 40.1 Å². The molecule has 0 atom stereocenters. The van der Waals surface area contributed by atoms with E-state index in [9.17, 15) is 14.0 Å². The smallest absolute Gasteiger partial charge is 0.219 e. The molecule has 1 aromatic carbocycles. The Morgan fingerprint density at radius 1 is 1.18 bits per heavy atom. The summed E-state index contributed by atoms with van der Waals surface area (Å²) in [5, 5.41) is 0. The Kier molecular flexibility index (Phi) is 8.04. The average Bonchev–Trinajstić information content (AvgIpc) is 3.48. The van der Waals surface area contributed by atoms with Crippen LogP contribution in [0.3, 0.4) is 0 Å². The van der Waals surface area contributed by atoms with Gasteiger partial charge in [0.15, 0.2) is 11.6 Å². The first-order valence-corrected chi connectivity index (χ1v) is 13.8. The molecule has 1 aliphatic carbocycles. The first-order chi connectivity index (χ1) is 18.8. The number of methoxy groups -OCH3 is 1. The van der Waals surface area contributed by atoms with Crippen LogP contribution in [-0.4, -0.2) is 51.4 Å². The number of hydrogen-bond donors (Lipinski definition) is 0. The van der Waals surface area contributed by atoms with Crippen molar-refractivity contribution in [2.45, 2.75) is 39.2 Å². The van der Waals surface area contributed by atoms with Gasteiger partial charge in [-0.1, -0.05) is 6.07 Å². The number of ketones is 1. The van der Waals surface area contributed by atoms with E-state index in [2.05, 4.69) is 9.97 Å². The molecule has 1 amide bonds. The van der Waals surface area contributed by atoms with Crippen molar-refractivity contribution < 1.29 is 23.5 Å². The number of hydrogen-bond acceptors (Lipinski definition) is 7. The van der Waals surface area contributed by atoms with Crippen molar-refractivity contribution in [3.05, 3.63) is 59.8 Å². The maximum Gasteiger partial charge on any atom is 0.219 e. The van der Waals surface area contributed by atoms with Crippen LogP contribution in [0.15, 0.2) is 42.7 Å². The lowest BCUT2D eigenvalue weighted by Gasteiger charge is -2.20. The Morgan fingerprint density at radius 2 is 2.00 bits per heavy atom. The number of nitrogens with zero attached hydrogens (tertiary/aromatic N) is 4. The molecule has 1 aliphatic rings. The Labute approximate surface area is 230 Å². The molecule has 3 heterocycles. The quantitative estimate of drug-likeness (QED) is 0.230. The fourth-order valence-electron chi connectivity index (χ4n) is 4.47. The van der Waals surface area contributed by atoms with Crippen molar-refractivity contribution in [3.8, 4) is 22.2 Å². The predicted molar refractivity (Wildman–Crippen MR) is 147 cm³/mol. The molecule has 8 nitrogen and oxygen atoms in total. The van der Waals surface area contributed by atoms with E-state index in [0.29, 0.717) is 48.9 Å². The Balaban J connectivity index is 1.34. The van der Waals surface area contributed by atoms with Crippen LogP contribution in [-0.2, 0) is 34.3 Å². The second-order valence-corrected chi connectivity index (χ2v) is 11.0. The number of Topliss-reactive ketones (excluding diaryl/α,β-unsaturated/α-hetero) is 1. The normalized spacial score (nSPS) is 13.1. The van der Waals surface area contributed by atoms with Crippen molar-refractivity contribution >= 4 is 33.2 Å². The number of carbonyl (C=O) groups is 2. The predicted octanol–water partition coefficient (Wildman–Crippen LogP) is 5.53. The molecule has 0 saturated heterocycles. The Hall–Kier alpha value is -3.63. The monoisotopic (exact) mass is 550 g/mol. The van der Waals surface area contributed by atoms with E-state index in [-0.39, 0.29) is 23.9 Å². The minimum Gasteiger partial charge on any atom is -0.453 e. The number of halogens is 1. The average molecular weight is 551 g/mol. The highest BCUT2D eigenvalue weighted by atomic mass is 32.1. The molecule has 204 valence electrons. The van der Waals surface area contributed by atoms with Crippen molar-refractivity contribution in [2.75, 3.05) is 20.3 Å². The van der Waals surface area contributed by atoms with Gasteiger partial charge in [-0.25, -0.2) is 9.37 Å². The summed E-state index contributed by atoms with van der Waals surface area (Å²) in [7, 11) is 3.52. The summed E-state index contributed by atoms with van der Waals surface area (Å²) in [5.74, 6) is 1.44. The van der Waals surface area contributed by atoms with Crippen LogP contribution in [0.2, 0.25) is 0 Å². The molecule has 5 rings (SSSR count). The lowest BCUT2D eigenvalue weighted by atomic mass is 10.0. The Bertz CT molecular complexity index is 1510. The standard InChI is InChI=1S/C29H31FN4O4S/c1-18(35)34(10-11-37-3)17-21-16-32-29(33(21)2)27-15-24-28(39-27)26(8-9-31-24)38-25-7-6-20(14-23(25)30)13-22(36)12-19-4-5-19/h6-9,14-16,19H,4-5,10-13,17H2,1-3H3. The lowest BCUT2D eigenvalue weighted by Crippen LogP contribution is -2.32. The number of pyridine rings is 1. The van der Waals surface area contributed by atoms with Gasteiger partial charge in [0.1, 0.15) is 17.4 Å². The van der Waals surface area contributed by atoms with E-state index in [1.54, 1.807) is 42.6 Å².